The van der Waals surface area contributed by atoms with Crippen LogP contribution in [0.15, 0.2) is 84.4 Å². The molecular formula is C25H19F2N3O4S. The van der Waals surface area contributed by atoms with Gasteiger partial charge in [-0.15, -0.1) is 11.3 Å². The van der Waals surface area contributed by atoms with E-state index in [4.69, 9.17) is 4.74 Å². The summed E-state index contributed by atoms with van der Waals surface area (Å²) in [5, 5.41) is 8.96. The molecule has 0 atom stereocenters. The number of esters is 1. The van der Waals surface area contributed by atoms with Crippen molar-refractivity contribution in [1.29, 1.82) is 0 Å². The van der Waals surface area contributed by atoms with Crippen LogP contribution in [0.5, 0.6) is 5.75 Å². The van der Waals surface area contributed by atoms with Crippen molar-refractivity contribution in [2.45, 2.75) is 6.61 Å². The Kier molecular flexibility index (Phi) is 7.63. The Morgan fingerprint density at radius 2 is 1.83 bits per heavy atom. The van der Waals surface area contributed by atoms with E-state index in [0.29, 0.717) is 11.3 Å². The van der Waals surface area contributed by atoms with E-state index in [1.807, 2.05) is 47.8 Å². The summed E-state index contributed by atoms with van der Waals surface area (Å²) in [5.41, 5.74) is 2.29. The maximum Gasteiger partial charge on any atom is 0.387 e. The normalized spacial score (nSPS) is 11.1. The molecule has 2 aromatic carbocycles. The molecule has 0 fully saturated rings. The van der Waals surface area contributed by atoms with Crippen molar-refractivity contribution < 1.29 is 27.8 Å². The number of alkyl halides is 2. The summed E-state index contributed by atoms with van der Waals surface area (Å²) >= 11 is 1.52. The average Bonchev–Trinajstić information content (AvgIpc) is 3.53. The van der Waals surface area contributed by atoms with Crippen molar-refractivity contribution in [3.05, 3.63) is 89.9 Å². The number of carbonyl (C=O) groups is 2. The van der Waals surface area contributed by atoms with Gasteiger partial charge in [0.1, 0.15) is 11.4 Å². The van der Waals surface area contributed by atoms with E-state index in [2.05, 4.69) is 15.2 Å². The Hall–Kier alpha value is -4.31. The number of aromatic nitrogens is 2. The Morgan fingerprint density at radius 3 is 2.57 bits per heavy atom. The number of hydrogen-bond donors (Lipinski definition) is 1. The molecule has 2 heterocycles. The molecule has 178 valence electrons. The number of benzene rings is 2. The molecule has 35 heavy (non-hydrogen) atoms. The van der Waals surface area contributed by atoms with Gasteiger partial charge in [0.05, 0.1) is 16.3 Å². The Bertz CT molecular complexity index is 1320. The number of rotatable bonds is 9. The topological polar surface area (TPSA) is 82.5 Å². The molecule has 0 saturated heterocycles. The first kappa shape index (κ1) is 23.8. The van der Waals surface area contributed by atoms with Crippen LogP contribution in [-0.4, -0.2) is 34.9 Å². The van der Waals surface area contributed by atoms with Crippen molar-refractivity contribution in [1.82, 2.24) is 9.78 Å². The quantitative estimate of drug-likeness (QED) is 0.248. The van der Waals surface area contributed by atoms with Crippen LogP contribution in [-0.2, 0) is 14.3 Å². The van der Waals surface area contributed by atoms with Gasteiger partial charge in [-0.05, 0) is 41.8 Å². The molecule has 0 radical (unpaired) electrons. The van der Waals surface area contributed by atoms with Gasteiger partial charge in [0.15, 0.2) is 6.61 Å². The summed E-state index contributed by atoms with van der Waals surface area (Å²) in [5.74, 6) is -1.64. The smallest absolute Gasteiger partial charge is 0.387 e. The number of ether oxygens (including phenoxy) is 2. The zero-order valence-electron chi connectivity index (χ0n) is 18.1. The first-order valence-electron chi connectivity index (χ1n) is 10.4. The number of thiophene rings is 1. The fourth-order valence-corrected chi connectivity index (χ4v) is 3.86. The van der Waals surface area contributed by atoms with E-state index in [0.717, 1.165) is 10.6 Å². The Balaban J connectivity index is 1.41. The maximum atomic E-state index is 12.5. The van der Waals surface area contributed by atoms with E-state index in [9.17, 15) is 18.4 Å². The summed E-state index contributed by atoms with van der Waals surface area (Å²) in [6.07, 6.45) is 4.55. The van der Waals surface area contributed by atoms with Gasteiger partial charge in [-0.3, -0.25) is 4.79 Å². The predicted octanol–water partition coefficient (Wildman–Crippen LogP) is 5.40. The summed E-state index contributed by atoms with van der Waals surface area (Å²) in [6, 6.07) is 19.1. The SMILES string of the molecule is O=C(COC(=O)C=Cc1cn(-c2ccccc2)nc1-c1cccs1)Nc1ccccc1OC(F)F. The van der Waals surface area contributed by atoms with Crippen LogP contribution in [0.25, 0.3) is 22.3 Å². The Labute approximate surface area is 203 Å². The lowest BCUT2D eigenvalue weighted by atomic mass is 10.2. The molecule has 7 nitrogen and oxygen atoms in total. The van der Waals surface area contributed by atoms with Crippen molar-refractivity contribution in [3.8, 4) is 22.0 Å². The number of amides is 1. The number of hydrogen-bond acceptors (Lipinski definition) is 6. The second kappa shape index (κ2) is 11.2. The fourth-order valence-electron chi connectivity index (χ4n) is 3.12. The molecule has 10 heteroatoms. The van der Waals surface area contributed by atoms with Crippen LogP contribution >= 0.6 is 11.3 Å². The molecule has 1 amide bonds. The second-order valence-electron chi connectivity index (χ2n) is 7.05. The molecule has 0 unspecified atom stereocenters. The minimum atomic E-state index is -3.04. The molecule has 0 saturated carbocycles. The molecule has 2 aromatic heterocycles. The van der Waals surface area contributed by atoms with E-state index >= 15 is 0 Å². The molecule has 4 rings (SSSR count). The average molecular weight is 496 g/mol. The molecule has 0 aliphatic rings. The number of halogens is 2. The highest BCUT2D eigenvalue weighted by Crippen LogP contribution is 2.29. The highest BCUT2D eigenvalue weighted by molar-refractivity contribution is 7.13. The van der Waals surface area contributed by atoms with Crippen molar-refractivity contribution in [2.75, 3.05) is 11.9 Å². The second-order valence-corrected chi connectivity index (χ2v) is 8.00. The highest BCUT2D eigenvalue weighted by Gasteiger charge is 2.14. The first-order valence-corrected chi connectivity index (χ1v) is 11.2. The van der Waals surface area contributed by atoms with Gasteiger partial charge in [-0.25, -0.2) is 9.48 Å². The lowest BCUT2D eigenvalue weighted by Gasteiger charge is -2.11. The third-order valence-corrected chi connectivity index (χ3v) is 5.52. The highest BCUT2D eigenvalue weighted by atomic mass is 32.1. The van der Waals surface area contributed by atoms with Crippen molar-refractivity contribution in [3.63, 3.8) is 0 Å². The minimum Gasteiger partial charge on any atom is -0.452 e. The van der Waals surface area contributed by atoms with Crippen LogP contribution in [0.2, 0.25) is 0 Å². The van der Waals surface area contributed by atoms with E-state index in [1.165, 1.54) is 35.6 Å². The van der Waals surface area contributed by atoms with Gasteiger partial charge in [0.2, 0.25) is 0 Å². The zero-order valence-corrected chi connectivity index (χ0v) is 19.0. The predicted molar refractivity (Wildman–Crippen MR) is 129 cm³/mol. The van der Waals surface area contributed by atoms with Gasteiger partial charge in [0.25, 0.3) is 5.91 Å². The van der Waals surface area contributed by atoms with Gasteiger partial charge in [-0.1, -0.05) is 36.4 Å². The third kappa shape index (κ3) is 6.39. The first-order chi connectivity index (χ1) is 17.0. The van der Waals surface area contributed by atoms with Crippen LogP contribution < -0.4 is 10.1 Å². The lowest BCUT2D eigenvalue weighted by molar-refractivity contribution is -0.142. The molecule has 0 aliphatic heterocycles. The van der Waals surface area contributed by atoms with E-state index in [1.54, 1.807) is 23.0 Å². The standard InChI is InChI=1S/C25H19F2N3O4S/c26-25(27)34-20-10-5-4-9-19(20)28-22(31)16-33-23(32)13-12-17-15-30(18-7-2-1-3-8-18)29-24(17)21-11-6-14-35-21/h1-15,25H,16H2,(H,28,31). The number of nitrogens with one attached hydrogen (secondary N) is 1. The molecule has 1 N–H and O–H groups in total. The number of anilines is 1. The maximum absolute atomic E-state index is 12.5. The number of para-hydroxylation sites is 3. The summed E-state index contributed by atoms with van der Waals surface area (Å²) in [6.45, 7) is -3.64. The van der Waals surface area contributed by atoms with Gasteiger partial charge in [0, 0.05) is 17.8 Å². The Morgan fingerprint density at radius 1 is 1.06 bits per heavy atom. The molecule has 0 aliphatic carbocycles. The van der Waals surface area contributed by atoms with Crippen LogP contribution in [0.3, 0.4) is 0 Å². The van der Waals surface area contributed by atoms with E-state index < -0.39 is 25.1 Å². The van der Waals surface area contributed by atoms with E-state index in [-0.39, 0.29) is 11.4 Å². The van der Waals surface area contributed by atoms with Crippen LogP contribution in [0, 0.1) is 0 Å². The van der Waals surface area contributed by atoms with Gasteiger partial charge < -0.3 is 14.8 Å². The summed E-state index contributed by atoms with van der Waals surface area (Å²) < 4.78 is 36.1. The minimum absolute atomic E-state index is 0.0401. The van der Waals surface area contributed by atoms with Crippen LogP contribution in [0.4, 0.5) is 14.5 Å². The number of nitrogens with zero attached hydrogens (tertiary/aromatic N) is 2. The third-order valence-electron chi connectivity index (χ3n) is 4.64. The zero-order chi connectivity index (χ0) is 24.6. The summed E-state index contributed by atoms with van der Waals surface area (Å²) in [7, 11) is 0. The van der Waals surface area contributed by atoms with Gasteiger partial charge in [-0.2, -0.15) is 13.9 Å². The van der Waals surface area contributed by atoms with Gasteiger partial charge >= 0.3 is 12.6 Å². The largest absolute Gasteiger partial charge is 0.452 e. The molecular weight excluding hydrogens is 476 g/mol. The number of carbonyl (C=O) groups excluding carboxylic acids is 2. The fraction of sp³-hybridized carbons (Fsp3) is 0.0800. The lowest BCUT2D eigenvalue weighted by Crippen LogP contribution is -2.20. The monoisotopic (exact) mass is 495 g/mol. The molecule has 4 aromatic rings. The van der Waals surface area contributed by atoms with Crippen molar-refractivity contribution >= 4 is 35.0 Å². The summed E-state index contributed by atoms with van der Waals surface area (Å²) in [4.78, 5) is 25.3. The molecule has 0 bridgehead atoms. The van der Waals surface area contributed by atoms with Crippen molar-refractivity contribution in [2.24, 2.45) is 0 Å². The van der Waals surface area contributed by atoms with Crippen LogP contribution in [0.1, 0.15) is 5.56 Å². The molecule has 0 spiro atoms.